The Morgan fingerprint density at radius 3 is 2.65 bits per heavy atom. The smallest absolute Gasteiger partial charge is 0.134 e. The summed E-state index contributed by atoms with van der Waals surface area (Å²) >= 11 is 0. The molecule has 20 heavy (non-hydrogen) atoms. The van der Waals surface area contributed by atoms with Gasteiger partial charge in [-0.2, -0.15) is 0 Å². The molecule has 0 bridgehead atoms. The molecule has 4 nitrogen and oxygen atoms in total. The van der Waals surface area contributed by atoms with Gasteiger partial charge >= 0.3 is 0 Å². The van der Waals surface area contributed by atoms with Gasteiger partial charge in [0.25, 0.3) is 0 Å². The maximum atomic E-state index is 6.05. The van der Waals surface area contributed by atoms with Crippen molar-refractivity contribution in [1.82, 2.24) is 9.88 Å². The summed E-state index contributed by atoms with van der Waals surface area (Å²) in [6.45, 7) is 10.4. The zero-order valence-electron chi connectivity index (χ0n) is 12.6. The number of hydrogen-bond acceptors (Lipinski definition) is 4. The third kappa shape index (κ3) is 3.20. The second kappa shape index (κ2) is 6.57. The van der Waals surface area contributed by atoms with Crippen molar-refractivity contribution in [2.75, 3.05) is 37.2 Å². The van der Waals surface area contributed by atoms with Crippen LogP contribution in [-0.2, 0) is 0 Å². The predicted molar refractivity (Wildman–Crippen MR) is 87.2 cm³/mol. The van der Waals surface area contributed by atoms with E-state index in [0.717, 1.165) is 54.2 Å². The third-order valence-corrected chi connectivity index (χ3v) is 3.65. The predicted octanol–water partition coefficient (Wildman–Crippen LogP) is 2.88. The molecule has 0 unspecified atom stereocenters. The molecule has 1 heterocycles. The lowest BCUT2D eigenvalue weighted by atomic mass is 10.1. The van der Waals surface area contributed by atoms with Crippen LogP contribution in [-0.4, -0.2) is 36.1 Å². The summed E-state index contributed by atoms with van der Waals surface area (Å²) < 4.78 is 0. The Morgan fingerprint density at radius 1 is 1.20 bits per heavy atom. The van der Waals surface area contributed by atoms with E-state index in [4.69, 9.17) is 5.73 Å². The van der Waals surface area contributed by atoms with Crippen molar-refractivity contribution in [1.29, 1.82) is 0 Å². The van der Waals surface area contributed by atoms with Crippen molar-refractivity contribution in [3.8, 4) is 0 Å². The number of fused-ring (bicyclic) bond motifs is 1. The minimum atomic E-state index is 0.805. The van der Waals surface area contributed by atoms with Gasteiger partial charge in [-0.3, -0.25) is 0 Å². The number of nitrogens with zero attached hydrogens (tertiary/aromatic N) is 2. The molecule has 0 amide bonds. The first-order chi connectivity index (χ1) is 9.65. The minimum absolute atomic E-state index is 0.805. The Balaban J connectivity index is 2.19. The van der Waals surface area contributed by atoms with E-state index in [1.807, 2.05) is 25.1 Å². The number of likely N-dealkylation sites (N-methyl/N-ethyl adjacent to an activating group) is 1. The van der Waals surface area contributed by atoms with Crippen molar-refractivity contribution < 1.29 is 0 Å². The molecule has 0 saturated heterocycles. The molecule has 0 aliphatic rings. The highest BCUT2D eigenvalue weighted by molar-refractivity contribution is 5.99. The van der Waals surface area contributed by atoms with Crippen LogP contribution in [0.15, 0.2) is 24.3 Å². The molecule has 0 aliphatic heterocycles. The fraction of sp³-hybridized carbons (Fsp3) is 0.438. The van der Waals surface area contributed by atoms with Crippen LogP contribution in [0, 0.1) is 6.92 Å². The number of aryl methyl sites for hydroxylation is 1. The van der Waals surface area contributed by atoms with Gasteiger partial charge in [0.15, 0.2) is 0 Å². The molecule has 1 aromatic carbocycles. The van der Waals surface area contributed by atoms with Crippen LogP contribution in [0.1, 0.15) is 19.5 Å². The van der Waals surface area contributed by atoms with Crippen molar-refractivity contribution in [3.05, 3.63) is 30.0 Å². The molecule has 0 aliphatic carbocycles. The monoisotopic (exact) mass is 272 g/mol. The number of pyridine rings is 1. The van der Waals surface area contributed by atoms with E-state index in [1.54, 1.807) is 0 Å². The summed E-state index contributed by atoms with van der Waals surface area (Å²) in [4.78, 5) is 6.99. The molecule has 1 aromatic heterocycles. The first-order valence-corrected chi connectivity index (χ1v) is 7.27. The fourth-order valence-electron chi connectivity index (χ4n) is 2.44. The van der Waals surface area contributed by atoms with E-state index < -0.39 is 0 Å². The van der Waals surface area contributed by atoms with Crippen LogP contribution < -0.4 is 11.1 Å². The number of benzene rings is 1. The second-order valence-corrected chi connectivity index (χ2v) is 5.01. The summed E-state index contributed by atoms with van der Waals surface area (Å²) in [6, 6.07) is 8.02. The lowest BCUT2D eigenvalue weighted by Crippen LogP contribution is -2.28. The van der Waals surface area contributed by atoms with Gasteiger partial charge in [0.2, 0.25) is 0 Å². The largest absolute Gasteiger partial charge is 0.398 e. The summed E-state index contributed by atoms with van der Waals surface area (Å²) in [5.41, 5.74) is 7.84. The first-order valence-electron chi connectivity index (χ1n) is 7.27. The highest BCUT2D eigenvalue weighted by atomic mass is 15.1. The Labute approximate surface area is 121 Å². The van der Waals surface area contributed by atoms with E-state index >= 15 is 0 Å². The van der Waals surface area contributed by atoms with E-state index in [9.17, 15) is 0 Å². The van der Waals surface area contributed by atoms with Gasteiger partial charge in [-0.1, -0.05) is 26.0 Å². The van der Waals surface area contributed by atoms with Gasteiger partial charge in [-0.05, 0) is 32.1 Å². The highest BCUT2D eigenvalue weighted by Gasteiger charge is 2.06. The first kappa shape index (κ1) is 14.6. The Hall–Kier alpha value is -1.81. The zero-order chi connectivity index (χ0) is 14.5. The van der Waals surface area contributed by atoms with E-state index in [2.05, 4.69) is 35.1 Å². The van der Waals surface area contributed by atoms with E-state index in [1.165, 1.54) is 0 Å². The number of nitrogens with one attached hydrogen (secondary N) is 1. The zero-order valence-corrected chi connectivity index (χ0v) is 12.6. The van der Waals surface area contributed by atoms with Crippen LogP contribution in [0.4, 0.5) is 11.5 Å². The number of hydrogen-bond donors (Lipinski definition) is 2. The molecule has 0 saturated carbocycles. The molecule has 0 radical (unpaired) electrons. The van der Waals surface area contributed by atoms with Crippen LogP contribution >= 0.6 is 0 Å². The minimum Gasteiger partial charge on any atom is -0.398 e. The molecule has 0 atom stereocenters. The van der Waals surface area contributed by atoms with Gasteiger partial charge in [0.05, 0.1) is 0 Å². The van der Waals surface area contributed by atoms with Crippen LogP contribution in [0.3, 0.4) is 0 Å². The molecule has 0 spiro atoms. The van der Waals surface area contributed by atoms with Gasteiger partial charge in [-0.25, -0.2) is 4.98 Å². The van der Waals surface area contributed by atoms with E-state index in [0.29, 0.717) is 0 Å². The number of nitrogens with two attached hydrogens (primary N) is 1. The molecule has 4 heteroatoms. The molecular formula is C16H24N4. The summed E-state index contributed by atoms with van der Waals surface area (Å²) in [5, 5.41) is 5.61. The molecule has 0 fully saturated rings. The quantitative estimate of drug-likeness (QED) is 0.794. The average Bonchev–Trinajstić information content (AvgIpc) is 2.44. The number of aromatic nitrogens is 1. The fourth-order valence-corrected chi connectivity index (χ4v) is 2.44. The summed E-state index contributed by atoms with van der Waals surface area (Å²) in [6.07, 6.45) is 0. The molecule has 108 valence electrons. The number of rotatable bonds is 6. The normalized spacial score (nSPS) is 11.2. The van der Waals surface area contributed by atoms with Crippen molar-refractivity contribution in [3.63, 3.8) is 0 Å². The molecule has 2 rings (SSSR count). The maximum absolute atomic E-state index is 6.05. The topological polar surface area (TPSA) is 54.2 Å². The highest BCUT2D eigenvalue weighted by Crippen LogP contribution is 2.26. The van der Waals surface area contributed by atoms with E-state index in [-0.39, 0.29) is 0 Å². The average molecular weight is 272 g/mol. The number of nitrogen functional groups attached to an aromatic ring is 1. The SMILES string of the molecule is CCN(CC)CCNc1nc(C)cc2c(N)cccc12. The third-order valence-electron chi connectivity index (χ3n) is 3.65. The summed E-state index contributed by atoms with van der Waals surface area (Å²) in [7, 11) is 0. The standard InChI is InChI=1S/C16H24N4/c1-4-20(5-2)10-9-18-16-13-7-6-8-15(17)14(13)11-12(3)19-16/h6-8,11H,4-5,9-10,17H2,1-3H3,(H,18,19). The van der Waals surface area contributed by atoms with Crippen LogP contribution in [0.5, 0.6) is 0 Å². The van der Waals surface area contributed by atoms with Crippen molar-refractivity contribution in [2.45, 2.75) is 20.8 Å². The maximum Gasteiger partial charge on any atom is 0.134 e. The van der Waals surface area contributed by atoms with Gasteiger partial charge < -0.3 is 16.0 Å². The van der Waals surface area contributed by atoms with Gasteiger partial charge in [-0.15, -0.1) is 0 Å². The Bertz CT molecular complexity index is 576. The molecule has 2 aromatic rings. The van der Waals surface area contributed by atoms with Crippen molar-refractivity contribution in [2.24, 2.45) is 0 Å². The lowest BCUT2D eigenvalue weighted by Gasteiger charge is -2.19. The number of anilines is 2. The van der Waals surface area contributed by atoms with Crippen LogP contribution in [0.2, 0.25) is 0 Å². The second-order valence-electron chi connectivity index (χ2n) is 5.01. The van der Waals surface area contributed by atoms with Crippen LogP contribution in [0.25, 0.3) is 10.8 Å². The Kier molecular flexibility index (Phi) is 4.79. The van der Waals surface area contributed by atoms with Crippen molar-refractivity contribution >= 4 is 22.3 Å². The Morgan fingerprint density at radius 2 is 1.95 bits per heavy atom. The van der Waals surface area contributed by atoms with Gasteiger partial charge in [0.1, 0.15) is 5.82 Å². The molecule has 3 N–H and O–H groups in total. The van der Waals surface area contributed by atoms with Gasteiger partial charge in [0, 0.05) is 35.2 Å². The molecular weight excluding hydrogens is 248 g/mol. The summed E-state index contributed by atoms with van der Waals surface area (Å²) in [5.74, 6) is 0.930. The lowest BCUT2D eigenvalue weighted by molar-refractivity contribution is 0.316.